The predicted octanol–water partition coefficient (Wildman–Crippen LogP) is 4.67. The summed E-state index contributed by atoms with van der Waals surface area (Å²) in [6.07, 6.45) is 0.966. The summed E-state index contributed by atoms with van der Waals surface area (Å²) in [5.41, 5.74) is 4.62. The Hall–Kier alpha value is -2.53. The molecule has 0 atom stereocenters. The van der Waals surface area contributed by atoms with Crippen LogP contribution in [0.1, 0.15) is 52.1 Å². The number of aryl methyl sites for hydroxylation is 3. The van der Waals surface area contributed by atoms with Crippen LogP contribution < -0.4 is 4.80 Å². The molecule has 0 unspecified atom stereocenters. The topological polar surface area (TPSA) is 51.4 Å². The number of ketones is 1. The molecule has 0 saturated heterocycles. The molecule has 134 valence electrons. The molecule has 26 heavy (non-hydrogen) atoms. The maximum Gasteiger partial charge on any atom is 0.279 e. The highest BCUT2D eigenvalue weighted by molar-refractivity contribution is 7.16. The number of nitrogens with zero attached hydrogens (tertiary/aromatic N) is 2. The first-order valence-corrected chi connectivity index (χ1v) is 9.53. The van der Waals surface area contributed by atoms with Gasteiger partial charge in [0, 0.05) is 17.7 Å². The summed E-state index contributed by atoms with van der Waals surface area (Å²) < 4.78 is 3.30. The molecule has 0 aliphatic heterocycles. The monoisotopic (exact) mass is 366 g/mol. The van der Waals surface area contributed by atoms with Crippen LogP contribution in [0.3, 0.4) is 0 Å². The van der Waals surface area contributed by atoms with E-state index in [0.717, 1.165) is 23.3 Å². The van der Waals surface area contributed by atoms with Crippen molar-refractivity contribution in [2.24, 2.45) is 4.99 Å². The van der Waals surface area contributed by atoms with Crippen LogP contribution in [0.15, 0.2) is 41.4 Å². The Morgan fingerprint density at radius 2 is 1.73 bits per heavy atom. The molecule has 1 aromatic heterocycles. The van der Waals surface area contributed by atoms with Gasteiger partial charge in [-0.2, -0.15) is 4.99 Å². The number of thiazole rings is 1. The number of amides is 1. The molecule has 0 bridgehead atoms. The zero-order chi connectivity index (χ0) is 18.8. The fourth-order valence-corrected chi connectivity index (χ4v) is 4.14. The maximum absolute atomic E-state index is 12.6. The average molecular weight is 366 g/mol. The van der Waals surface area contributed by atoms with Crippen LogP contribution in [0.4, 0.5) is 0 Å². The molecular formula is C21H22N2O2S. The summed E-state index contributed by atoms with van der Waals surface area (Å²) >= 11 is 1.55. The predicted molar refractivity (Wildman–Crippen MR) is 106 cm³/mol. The lowest BCUT2D eigenvalue weighted by molar-refractivity contribution is 0.0991. The van der Waals surface area contributed by atoms with E-state index in [-0.39, 0.29) is 11.7 Å². The van der Waals surface area contributed by atoms with E-state index in [1.54, 1.807) is 35.6 Å². The fraction of sp³-hybridized carbons (Fsp3) is 0.286. The van der Waals surface area contributed by atoms with Crippen molar-refractivity contribution >= 4 is 33.2 Å². The second-order valence-corrected chi connectivity index (χ2v) is 7.49. The number of carbonyl (C=O) groups excluding carboxylic acids is 2. The van der Waals surface area contributed by atoms with Crippen LogP contribution in [-0.2, 0) is 6.54 Å². The fourth-order valence-electron chi connectivity index (χ4n) is 3.04. The Bertz CT molecular complexity index is 1060. The van der Waals surface area contributed by atoms with Crippen molar-refractivity contribution in [1.29, 1.82) is 0 Å². The van der Waals surface area contributed by atoms with Gasteiger partial charge in [0.25, 0.3) is 5.91 Å². The highest BCUT2D eigenvalue weighted by atomic mass is 32.1. The zero-order valence-electron chi connectivity index (χ0n) is 15.5. The van der Waals surface area contributed by atoms with Crippen molar-refractivity contribution in [2.45, 2.75) is 40.7 Å². The molecular weight excluding hydrogens is 344 g/mol. The van der Waals surface area contributed by atoms with Gasteiger partial charge < -0.3 is 4.57 Å². The smallest absolute Gasteiger partial charge is 0.279 e. The Balaban J connectivity index is 2.11. The van der Waals surface area contributed by atoms with Gasteiger partial charge in [-0.25, -0.2) is 0 Å². The number of aromatic nitrogens is 1. The molecule has 0 fully saturated rings. The SMILES string of the molecule is CCCn1c(=NC(=O)c2ccc(C(C)=O)cc2)sc2c(C)cc(C)cc21. The molecule has 3 rings (SSSR count). The lowest BCUT2D eigenvalue weighted by Gasteiger charge is -2.05. The summed E-state index contributed by atoms with van der Waals surface area (Å²) in [7, 11) is 0. The summed E-state index contributed by atoms with van der Waals surface area (Å²) in [6, 6.07) is 11.0. The van der Waals surface area contributed by atoms with Crippen molar-refractivity contribution in [3.8, 4) is 0 Å². The molecule has 0 radical (unpaired) electrons. The summed E-state index contributed by atoms with van der Waals surface area (Å²) in [6.45, 7) is 8.62. The van der Waals surface area contributed by atoms with E-state index in [2.05, 4.69) is 42.5 Å². The van der Waals surface area contributed by atoms with Crippen molar-refractivity contribution in [1.82, 2.24) is 4.57 Å². The second-order valence-electron chi connectivity index (χ2n) is 6.52. The molecule has 5 heteroatoms. The van der Waals surface area contributed by atoms with Gasteiger partial charge in [0.15, 0.2) is 10.6 Å². The number of hydrogen-bond acceptors (Lipinski definition) is 3. The van der Waals surface area contributed by atoms with Gasteiger partial charge in [-0.3, -0.25) is 9.59 Å². The number of rotatable bonds is 4. The zero-order valence-corrected chi connectivity index (χ0v) is 16.3. The largest absolute Gasteiger partial charge is 0.316 e. The summed E-state index contributed by atoms with van der Waals surface area (Å²) in [4.78, 5) is 29.1. The molecule has 1 heterocycles. The average Bonchev–Trinajstić information content (AvgIpc) is 2.93. The number of benzene rings is 2. The molecule has 0 saturated carbocycles. The van der Waals surface area contributed by atoms with Crippen LogP contribution in [0.25, 0.3) is 10.2 Å². The quantitative estimate of drug-likeness (QED) is 0.630. The van der Waals surface area contributed by atoms with Gasteiger partial charge in [-0.15, -0.1) is 0 Å². The standard InChI is InChI=1S/C21H22N2O2S/c1-5-10-23-18-12-13(2)11-14(3)19(18)26-21(23)22-20(25)17-8-6-16(7-9-17)15(4)24/h6-9,11-12H,5,10H2,1-4H3. The van der Waals surface area contributed by atoms with E-state index in [1.165, 1.54) is 22.8 Å². The number of carbonyl (C=O) groups is 2. The van der Waals surface area contributed by atoms with Crippen LogP contribution in [0.5, 0.6) is 0 Å². The van der Waals surface area contributed by atoms with Crippen molar-refractivity contribution in [2.75, 3.05) is 0 Å². The van der Waals surface area contributed by atoms with Crippen LogP contribution >= 0.6 is 11.3 Å². The van der Waals surface area contributed by atoms with E-state index in [0.29, 0.717) is 11.1 Å². The second kappa shape index (κ2) is 7.38. The van der Waals surface area contributed by atoms with Gasteiger partial charge in [0.05, 0.1) is 10.2 Å². The molecule has 0 aliphatic carbocycles. The Morgan fingerprint density at radius 3 is 2.35 bits per heavy atom. The number of hydrogen-bond donors (Lipinski definition) is 0. The molecule has 2 aromatic carbocycles. The minimum Gasteiger partial charge on any atom is -0.316 e. The summed E-state index contributed by atoms with van der Waals surface area (Å²) in [5.74, 6) is -0.303. The van der Waals surface area contributed by atoms with Gasteiger partial charge in [-0.1, -0.05) is 36.5 Å². The minimum atomic E-state index is -0.286. The molecule has 1 amide bonds. The van der Waals surface area contributed by atoms with E-state index in [9.17, 15) is 9.59 Å². The number of fused-ring (bicyclic) bond motifs is 1. The third-order valence-corrected chi connectivity index (χ3v) is 5.53. The molecule has 3 aromatic rings. The highest BCUT2D eigenvalue weighted by Gasteiger charge is 2.11. The number of Topliss-reactive ketones (excluding diaryl/α,β-unsaturated/α-hetero) is 1. The lowest BCUT2D eigenvalue weighted by Crippen LogP contribution is -2.17. The van der Waals surface area contributed by atoms with Gasteiger partial charge in [0.2, 0.25) is 0 Å². The van der Waals surface area contributed by atoms with Crippen LogP contribution in [-0.4, -0.2) is 16.3 Å². The van der Waals surface area contributed by atoms with E-state index in [4.69, 9.17) is 0 Å². The highest BCUT2D eigenvalue weighted by Crippen LogP contribution is 2.23. The Morgan fingerprint density at radius 1 is 1.08 bits per heavy atom. The lowest BCUT2D eigenvalue weighted by atomic mass is 10.1. The normalized spacial score (nSPS) is 11.9. The van der Waals surface area contributed by atoms with Crippen LogP contribution in [0, 0.1) is 13.8 Å². The van der Waals surface area contributed by atoms with E-state index in [1.807, 2.05) is 0 Å². The first-order valence-electron chi connectivity index (χ1n) is 8.71. The van der Waals surface area contributed by atoms with Crippen LogP contribution in [0.2, 0.25) is 0 Å². The first-order chi connectivity index (χ1) is 12.4. The molecule has 0 aliphatic rings. The van der Waals surface area contributed by atoms with Gasteiger partial charge >= 0.3 is 0 Å². The molecule has 0 N–H and O–H groups in total. The Kier molecular flexibility index (Phi) is 5.18. The van der Waals surface area contributed by atoms with Crippen molar-refractivity contribution in [3.05, 3.63) is 63.5 Å². The van der Waals surface area contributed by atoms with E-state index >= 15 is 0 Å². The first kappa shape index (κ1) is 18.3. The Labute approximate surface area is 156 Å². The van der Waals surface area contributed by atoms with Gasteiger partial charge in [0.1, 0.15) is 0 Å². The minimum absolute atomic E-state index is 0.0166. The van der Waals surface area contributed by atoms with Gasteiger partial charge in [-0.05, 0) is 56.5 Å². The van der Waals surface area contributed by atoms with E-state index < -0.39 is 0 Å². The molecule has 0 spiro atoms. The van der Waals surface area contributed by atoms with Crippen molar-refractivity contribution < 1.29 is 9.59 Å². The molecule has 4 nitrogen and oxygen atoms in total. The maximum atomic E-state index is 12.6. The summed E-state index contributed by atoms with van der Waals surface area (Å²) in [5, 5.41) is 0. The third-order valence-electron chi connectivity index (χ3n) is 4.30. The van der Waals surface area contributed by atoms with Crippen molar-refractivity contribution in [3.63, 3.8) is 0 Å². The third kappa shape index (κ3) is 3.53.